The maximum Gasteiger partial charge on any atom is 0.225 e. The molecule has 1 aliphatic carbocycles. The minimum Gasteiger partial charge on any atom is -0.445 e. The van der Waals surface area contributed by atoms with Crippen molar-refractivity contribution in [1.29, 1.82) is 0 Å². The number of carbonyl (C=O) groups is 1. The first-order valence-electron chi connectivity index (χ1n) is 10.6. The summed E-state index contributed by atoms with van der Waals surface area (Å²) >= 11 is 0. The summed E-state index contributed by atoms with van der Waals surface area (Å²) in [6.45, 7) is 5.47. The Balaban J connectivity index is 1.52. The molecular weight excluding hydrogens is 378 g/mol. The molecular formula is C24H23N3O3. The minimum atomic E-state index is 0.255. The van der Waals surface area contributed by atoms with E-state index in [1.165, 1.54) is 27.4 Å². The average Bonchev–Trinajstić information content (AvgIpc) is 3.51. The summed E-state index contributed by atoms with van der Waals surface area (Å²) in [5.41, 5.74) is 5.44. The number of Topliss-reactive ketones (excluding diaryl/α,β-unsaturated/α-hetero) is 1. The second-order valence-electron chi connectivity index (χ2n) is 8.08. The zero-order valence-electron chi connectivity index (χ0n) is 16.8. The van der Waals surface area contributed by atoms with Crippen molar-refractivity contribution in [2.75, 3.05) is 32.8 Å². The number of oxazole rings is 1. The van der Waals surface area contributed by atoms with E-state index in [-0.39, 0.29) is 5.78 Å². The fourth-order valence-electron chi connectivity index (χ4n) is 4.96. The van der Waals surface area contributed by atoms with Gasteiger partial charge in [-0.05, 0) is 42.3 Å². The molecule has 4 aromatic rings. The van der Waals surface area contributed by atoms with Gasteiger partial charge in [0, 0.05) is 65.5 Å². The Hall–Kier alpha value is -2.96. The van der Waals surface area contributed by atoms with Gasteiger partial charge in [-0.2, -0.15) is 0 Å². The molecule has 3 heterocycles. The van der Waals surface area contributed by atoms with Crippen molar-refractivity contribution in [2.45, 2.75) is 19.4 Å². The van der Waals surface area contributed by atoms with Crippen LogP contribution in [0.15, 0.2) is 47.2 Å². The molecule has 6 rings (SSSR count). The number of nitrogens with zero attached hydrogens (tertiary/aromatic N) is 3. The largest absolute Gasteiger partial charge is 0.445 e. The standard InChI is InChI=1S/C24H23N3O3/c28-22-6-3-18-17(22)2-5-21-23(18)19-15-16(24-25-7-12-30-24)1-4-20(19)27(21)9-8-26-10-13-29-14-11-26/h1-2,4-5,7,12,15H,3,6,8-11,13-14H2. The quantitative estimate of drug-likeness (QED) is 0.519. The molecule has 0 atom stereocenters. The summed E-state index contributed by atoms with van der Waals surface area (Å²) in [6.07, 6.45) is 4.69. The summed E-state index contributed by atoms with van der Waals surface area (Å²) in [5, 5.41) is 2.39. The van der Waals surface area contributed by atoms with Crippen LogP contribution in [-0.4, -0.2) is 53.1 Å². The van der Waals surface area contributed by atoms with Crippen molar-refractivity contribution < 1.29 is 13.9 Å². The highest BCUT2D eigenvalue weighted by Gasteiger charge is 2.25. The van der Waals surface area contributed by atoms with Crippen LogP contribution in [0.3, 0.4) is 0 Å². The Labute approximate surface area is 174 Å². The van der Waals surface area contributed by atoms with Crippen molar-refractivity contribution in [3.8, 4) is 11.5 Å². The maximum atomic E-state index is 12.4. The molecule has 30 heavy (non-hydrogen) atoms. The summed E-state index contributed by atoms with van der Waals surface area (Å²) in [7, 11) is 0. The van der Waals surface area contributed by atoms with E-state index in [0.29, 0.717) is 12.3 Å². The lowest BCUT2D eigenvalue weighted by molar-refractivity contribution is 0.0366. The van der Waals surface area contributed by atoms with Gasteiger partial charge in [0.05, 0.1) is 19.4 Å². The molecule has 1 saturated heterocycles. The molecule has 1 fully saturated rings. The SMILES string of the molecule is O=C1CCc2c1ccc1c2c2cc(-c3ncco3)ccc2n1CCN1CCOCC1. The third kappa shape index (κ3) is 2.79. The van der Waals surface area contributed by atoms with Crippen molar-refractivity contribution in [3.05, 3.63) is 53.9 Å². The van der Waals surface area contributed by atoms with Gasteiger partial charge in [-0.25, -0.2) is 4.98 Å². The molecule has 0 bridgehead atoms. The molecule has 2 aromatic heterocycles. The van der Waals surface area contributed by atoms with E-state index in [2.05, 4.69) is 38.7 Å². The summed E-state index contributed by atoms with van der Waals surface area (Å²) in [6, 6.07) is 10.5. The Kier molecular flexibility index (Phi) is 4.21. The van der Waals surface area contributed by atoms with E-state index in [1.807, 2.05) is 6.07 Å². The average molecular weight is 401 g/mol. The van der Waals surface area contributed by atoms with E-state index < -0.39 is 0 Å². The van der Waals surface area contributed by atoms with E-state index in [4.69, 9.17) is 9.15 Å². The summed E-state index contributed by atoms with van der Waals surface area (Å²) in [5.74, 6) is 0.875. The van der Waals surface area contributed by atoms with E-state index in [9.17, 15) is 4.79 Å². The van der Waals surface area contributed by atoms with Gasteiger partial charge in [-0.3, -0.25) is 9.69 Å². The van der Waals surface area contributed by atoms with Crippen LogP contribution in [0.1, 0.15) is 22.3 Å². The van der Waals surface area contributed by atoms with Gasteiger partial charge in [0.25, 0.3) is 0 Å². The zero-order valence-corrected chi connectivity index (χ0v) is 16.8. The minimum absolute atomic E-state index is 0.255. The van der Waals surface area contributed by atoms with Gasteiger partial charge in [0.2, 0.25) is 5.89 Å². The van der Waals surface area contributed by atoms with Crippen LogP contribution in [0, 0.1) is 0 Å². The second-order valence-corrected chi connectivity index (χ2v) is 8.08. The number of benzene rings is 2. The van der Waals surface area contributed by atoms with Gasteiger partial charge >= 0.3 is 0 Å². The number of carbonyl (C=O) groups excluding carboxylic acids is 1. The smallest absolute Gasteiger partial charge is 0.225 e. The fourth-order valence-corrected chi connectivity index (χ4v) is 4.96. The number of ether oxygens (including phenoxy) is 1. The number of ketones is 1. The molecule has 1 aliphatic heterocycles. The Morgan fingerprint density at radius 2 is 1.87 bits per heavy atom. The molecule has 0 N–H and O–H groups in total. The van der Waals surface area contributed by atoms with Crippen LogP contribution >= 0.6 is 0 Å². The lowest BCUT2D eigenvalue weighted by Gasteiger charge is -2.26. The molecule has 0 amide bonds. The number of morpholine rings is 1. The molecule has 2 aliphatic rings. The van der Waals surface area contributed by atoms with Crippen LogP contribution in [0.4, 0.5) is 0 Å². The van der Waals surface area contributed by atoms with Crippen molar-refractivity contribution in [3.63, 3.8) is 0 Å². The van der Waals surface area contributed by atoms with Gasteiger partial charge in [0.1, 0.15) is 6.26 Å². The van der Waals surface area contributed by atoms with Gasteiger partial charge in [0.15, 0.2) is 5.78 Å². The molecule has 6 heteroatoms. The number of hydrogen-bond acceptors (Lipinski definition) is 5. The second kappa shape index (κ2) is 7.07. The lowest BCUT2D eigenvalue weighted by Crippen LogP contribution is -2.38. The van der Waals surface area contributed by atoms with Crippen LogP contribution in [0.2, 0.25) is 0 Å². The molecule has 0 unspecified atom stereocenters. The molecule has 0 spiro atoms. The fraction of sp³-hybridized carbons (Fsp3) is 0.333. The number of rotatable bonds is 4. The van der Waals surface area contributed by atoms with Crippen LogP contribution in [0.25, 0.3) is 33.3 Å². The molecule has 6 nitrogen and oxygen atoms in total. The highest BCUT2D eigenvalue weighted by molar-refractivity contribution is 6.15. The number of aromatic nitrogens is 2. The molecule has 2 aromatic carbocycles. The van der Waals surface area contributed by atoms with Crippen LogP contribution in [0.5, 0.6) is 0 Å². The van der Waals surface area contributed by atoms with Crippen molar-refractivity contribution >= 4 is 27.6 Å². The molecule has 0 saturated carbocycles. The predicted molar refractivity (Wildman–Crippen MR) is 115 cm³/mol. The molecule has 152 valence electrons. The van der Waals surface area contributed by atoms with E-state index in [0.717, 1.165) is 56.9 Å². The number of fused-ring (bicyclic) bond motifs is 5. The van der Waals surface area contributed by atoms with Gasteiger partial charge in [-0.15, -0.1) is 0 Å². The number of aryl methyl sites for hydroxylation is 1. The highest BCUT2D eigenvalue weighted by Crippen LogP contribution is 2.38. The predicted octanol–water partition coefficient (Wildman–Crippen LogP) is 3.91. The first-order chi connectivity index (χ1) is 14.8. The normalized spacial score (nSPS) is 17.3. The summed E-state index contributed by atoms with van der Waals surface area (Å²) in [4.78, 5) is 19.2. The van der Waals surface area contributed by atoms with Crippen molar-refractivity contribution in [2.24, 2.45) is 0 Å². The van der Waals surface area contributed by atoms with Crippen LogP contribution < -0.4 is 0 Å². The molecule has 0 radical (unpaired) electrons. The first-order valence-corrected chi connectivity index (χ1v) is 10.6. The number of hydrogen-bond donors (Lipinski definition) is 0. The first kappa shape index (κ1) is 17.9. The Morgan fingerprint density at radius 1 is 1.00 bits per heavy atom. The van der Waals surface area contributed by atoms with Crippen molar-refractivity contribution in [1.82, 2.24) is 14.5 Å². The van der Waals surface area contributed by atoms with Gasteiger partial charge in [-0.1, -0.05) is 0 Å². The monoisotopic (exact) mass is 401 g/mol. The Morgan fingerprint density at radius 3 is 2.70 bits per heavy atom. The highest BCUT2D eigenvalue weighted by atomic mass is 16.5. The topological polar surface area (TPSA) is 60.5 Å². The summed E-state index contributed by atoms with van der Waals surface area (Å²) < 4.78 is 13.4. The zero-order chi connectivity index (χ0) is 20.1. The van der Waals surface area contributed by atoms with E-state index in [1.54, 1.807) is 12.5 Å². The van der Waals surface area contributed by atoms with Crippen LogP contribution in [-0.2, 0) is 17.7 Å². The third-order valence-electron chi connectivity index (χ3n) is 6.46. The van der Waals surface area contributed by atoms with E-state index >= 15 is 0 Å². The third-order valence-corrected chi connectivity index (χ3v) is 6.46. The maximum absolute atomic E-state index is 12.4. The lowest BCUT2D eigenvalue weighted by atomic mass is 10.0. The Bertz CT molecular complexity index is 1250. The van der Waals surface area contributed by atoms with Gasteiger partial charge < -0.3 is 13.7 Å².